The smallest absolute Gasteiger partial charge is 0.205 e. The van der Waals surface area contributed by atoms with E-state index in [1.807, 2.05) is 12.1 Å². The van der Waals surface area contributed by atoms with Crippen LogP contribution >= 0.6 is 0 Å². The Morgan fingerprint density at radius 1 is 1.60 bits per heavy atom. The lowest BCUT2D eigenvalue weighted by Gasteiger charge is -2.07. The highest BCUT2D eigenvalue weighted by Crippen LogP contribution is 1.99. The SMILES string of the molecule is CCCN=C(NN)NCCc1ccco1. The van der Waals surface area contributed by atoms with Crippen LogP contribution in [0.3, 0.4) is 0 Å². The largest absolute Gasteiger partial charge is 0.469 e. The van der Waals surface area contributed by atoms with E-state index in [1.165, 1.54) is 0 Å². The van der Waals surface area contributed by atoms with Crippen LogP contribution < -0.4 is 16.6 Å². The van der Waals surface area contributed by atoms with Gasteiger partial charge in [0.2, 0.25) is 5.96 Å². The molecule has 0 aliphatic heterocycles. The van der Waals surface area contributed by atoms with Gasteiger partial charge < -0.3 is 9.73 Å². The number of hydrazine groups is 1. The maximum atomic E-state index is 5.31. The molecule has 1 heterocycles. The Morgan fingerprint density at radius 2 is 2.47 bits per heavy atom. The third kappa shape index (κ3) is 4.51. The zero-order valence-electron chi connectivity index (χ0n) is 8.99. The fourth-order valence-corrected chi connectivity index (χ4v) is 1.14. The molecule has 4 N–H and O–H groups in total. The molecule has 0 atom stereocenters. The van der Waals surface area contributed by atoms with Gasteiger partial charge in [-0.15, -0.1) is 0 Å². The van der Waals surface area contributed by atoms with E-state index < -0.39 is 0 Å². The monoisotopic (exact) mass is 210 g/mol. The van der Waals surface area contributed by atoms with Crippen molar-refractivity contribution < 1.29 is 4.42 Å². The molecule has 0 aromatic carbocycles. The van der Waals surface area contributed by atoms with Crippen LogP contribution in [0, 0.1) is 0 Å². The van der Waals surface area contributed by atoms with E-state index in [-0.39, 0.29) is 0 Å². The molecular weight excluding hydrogens is 192 g/mol. The highest BCUT2D eigenvalue weighted by molar-refractivity contribution is 5.79. The fourth-order valence-electron chi connectivity index (χ4n) is 1.14. The lowest BCUT2D eigenvalue weighted by Crippen LogP contribution is -2.42. The number of furan rings is 1. The third-order valence-corrected chi connectivity index (χ3v) is 1.87. The molecule has 1 rings (SSSR count). The minimum atomic E-state index is 0.628. The summed E-state index contributed by atoms with van der Waals surface area (Å²) in [5.41, 5.74) is 2.53. The quantitative estimate of drug-likeness (QED) is 0.288. The van der Waals surface area contributed by atoms with Crippen LogP contribution in [0.25, 0.3) is 0 Å². The molecule has 0 saturated carbocycles. The number of rotatable bonds is 5. The van der Waals surface area contributed by atoms with Gasteiger partial charge in [0, 0.05) is 19.5 Å². The van der Waals surface area contributed by atoms with Gasteiger partial charge in [-0.2, -0.15) is 0 Å². The molecule has 5 heteroatoms. The van der Waals surface area contributed by atoms with Crippen LogP contribution in [0.15, 0.2) is 27.8 Å². The van der Waals surface area contributed by atoms with Crippen molar-refractivity contribution in [3.63, 3.8) is 0 Å². The first kappa shape index (κ1) is 11.6. The van der Waals surface area contributed by atoms with Crippen LogP contribution in [-0.4, -0.2) is 19.0 Å². The maximum Gasteiger partial charge on any atom is 0.205 e. The summed E-state index contributed by atoms with van der Waals surface area (Å²) in [5.74, 6) is 6.89. The van der Waals surface area contributed by atoms with Gasteiger partial charge in [0.25, 0.3) is 0 Å². The summed E-state index contributed by atoms with van der Waals surface area (Å²) in [4.78, 5) is 4.22. The number of hydrogen-bond donors (Lipinski definition) is 3. The second kappa shape index (κ2) is 6.89. The Kier molecular flexibility index (Phi) is 5.32. The van der Waals surface area contributed by atoms with Gasteiger partial charge in [-0.05, 0) is 18.6 Å². The van der Waals surface area contributed by atoms with Crippen molar-refractivity contribution in [2.75, 3.05) is 13.1 Å². The van der Waals surface area contributed by atoms with Crippen molar-refractivity contribution in [1.29, 1.82) is 0 Å². The summed E-state index contributed by atoms with van der Waals surface area (Å²) in [6.45, 7) is 3.59. The van der Waals surface area contributed by atoms with Crippen molar-refractivity contribution in [2.45, 2.75) is 19.8 Å². The topological polar surface area (TPSA) is 75.6 Å². The lowest BCUT2D eigenvalue weighted by molar-refractivity contribution is 0.507. The standard InChI is InChI=1S/C10H18N4O/c1-2-6-12-10(14-11)13-7-5-9-4-3-8-15-9/h3-4,8H,2,5-7,11H2,1H3,(H2,12,13,14). The molecule has 1 aromatic rings. The van der Waals surface area contributed by atoms with Gasteiger partial charge in [0.1, 0.15) is 5.76 Å². The van der Waals surface area contributed by atoms with Gasteiger partial charge in [-0.25, -0.2) is 5.84 Å². The van der Waals surface area contributed by atoms with Gasteiger partial charge in [-0.3, -0.25) is 10.4 Å². The van der Waals surface area contributed by atoms with Crippen molar-refractivity contribution >= 4 is 5.96 Å². The second-order valence-corrected chi connectivity index (χ2v) is 3.13. The van der Waals surface area contributed by atoms with E-state index in [2.05, 4.69) is 22.7 Å². The second-order valence-electron chi connectivity index (χ2n) is 3.13. The minimum absolute atomic E-state index is 0.628. The van der Waals surface area contributed by atoms with Gasteiger partial charge >= 0.3 is 0 Å². The molecule has 0 aliphatic carbocycles. The molecule has 5 nitrogen and oxygen atoms in total. The molecule has 0 bridgehead atoms. The van der Waals surface area contributed by atoms with Crippen molar-refractivity contribution in [3.8, 4) is 0 Å². The summed E-state index contributed by atoms with van der Waals surface area (Å²) in [7, 11) is 0. The summed E-state index contributed by atoms with van der Waals surface area (Å²) in [6, 6.07) is 3.82. The predicted octanol–water partition coefficient (Wildman–Crippen LogP) is 0.641. The van der Waals surface area contributed by atoms with Crippen molar-refractivity contribution in [2.24, 2.45) is 10.8 Å². The number of guanidine groups is 1. The highest BCUT2D eigenvalue weighted by atomic mass is 16.3. The number of nitrogens with one attached hydrogen (secondary N) is 2. The van der Waals surface area contributed by atoms with Crippen LogP contribution in [0.1, 0.15) is 19.1 Å². The van der Waals surface area contributed by atoms with Crippen LogP contribution in [-0.2, 0) is 6.42 Å². The molecule has 0 aliphatic rings. The first-order valence-corrected chi connectivity index (χ1v) is 5.14. The Bertz CT molecular complexity index is 282. The number of nitrogens with zero attached hydrogens (tertiary/aromatic N) is 1. The van der Waals surface area contributed by atoms with E-state index in [0.29, 0.717) is 5.96 Å². The highest BCUT2D eigenvalue weighted by Gasteiger charge is 1.97. The summed E-state index contributed by atoms with van der Waals surface area (Å²) >= 11 is 0. The Hall–Kier alpha value is -1.49. The molecule has 0 saturated heterocycles. The molecule has 0 amide bonds. The van der Waals surface area contributed by atoms with Crippen LogP contribution in [0.2, 0.25) is 0 Å². The van der Waals surface area contributed by atoms with Gasteiger partial charge in [0.05, 0.1) is 6.26 Å². The molecule has 0 radical (unpaired) electrons. The fraction of sp³-hybridized carbons (Fsp3) is 0.500. The molecule has 0 spiro atoms. The Labute approximate surface area is 89.7 Å². The zero-order chi connectivity index (χ0) is 10.9. The lowest BCUT2D eigenvalue weighted by atomic mass is 10.3. The average Bonchev–Trinajstić information content (AvgIpc) is 2.76. The summed E-state index contributed by atoms with van der Waals surface area (Å²) in [6.07, 6.45) is 3.49. The molecular formula is C10H18N4O. The van der Waals surface area contributed by atoms with Gasteiger partial charge in [-0.1, -0.05) is 6.92 Å². The molecule has 15 heavy (non-hydrogen) atoms. The first-order chi connectivity index (χ1) is 7.36. The Balaban J connectivity index is 2.23. The minimum Gasteiger partial charge on any atom is -0.469 e. The van der Waals surface area contributed by atoms with E-state index in [1.54, 1.807) is 6.26 Å². The molecule has 0 unspecified atom stereocenters. The van der Waals surface area contributed by atoms with Crippen molar-refractivity contribution in [3.05, 3.63) is 24.2 Å². The van der Waals surface area contributed by atoms with E-state index in [4.69, 9.17) is 10.3 Å². The predicted molar refractivity (Wildman–Crippen MR) is 60.3 cm³/mol. The molecule has 1 aromatic heterocycles. The van der Waals surface area contributed by atoms with Gasteiger partial charge in [0.15, 0.2) is 0 Å². The van der Waals surface area contributed by atoms with E-state index >= 15 is 0 Å². The zero-order valence-corrected chi connectivity index (χ0v) is 8.99. The maximum absolute atomic E-state index is 5.31. The number of hydrogen-bond acceptors (Lipinski definition) is 3. The summed E-state index contributed by atoms with van der Waals surface area (Å²) < 4.78 is 5.20. The summed E-state index contributed by atoms with van der Waals surface area (Å²) in [5, 5.41) is 3.10. The molecule has 0 fully saturated rings. The van der Waals surface area contributed by atoms with Crippen molar-refractivity contribution in [1.82, 2.24) is 10.7 Å². The van der Waals surface area contributed by atoms with E-state index in [0.717, 1.165) is 31.7 Å². The van der Waals surface area contributed by atoms with Crippen LogP contribution in [0.4, 0.5) is 0 Å². The number of nitrogens with two attached hydrogens (primary N) is 1. The average molecular weight is 210 g/mol. The number of aliphatic imine (C=N–C) groups is 1. The Morgan fingerprint density at radius 3 is 3.07 bits per heavy atom. The molecule has 84 valence electrons. The van der Waals surface area contributed by atoms with Crippen LogP contribution in [0.5, 0.6) is 0 Å². The third-order valence-electron chi connectivity index (χ3n) is 1.87. The first-order valence-electron chi connectivity index (χ1n) is 5.14. The normalized spacial score (nSPS) is 11.5. The van der Waals surface area contributed by atoms with E-state index in [9.17, 15) is 0 Å².